The molecule has 2 heterocycles. The summed E-state index contributed by atoms with van der Waals surface area (Å²) in [5.74, 6) is 1.01. The molecule has 7 heteroatoms. The van der Waals surface area contributed by atoms with Gasteiger partial charge in [0.15, 0.2) is 5.82 Å². The second-order valence-corrected chi connectivity index (χ2v) is 6.46. The molecule has 25 heavy (non-hydrogen) atoms. The van der Waals surface area contributed by atoms with E-state index >= 15 is 0 Å². The minimum absolute atomic E-state index is 0.370. The summed E-state index contributed by atoms with van der Waals surface area (Å²) >= 11 is 0. The van der Waals surface area contributed by atoms with Gasteiger partial charge in [-0.3, -0.25) is 9.80 Å². The number of nitrogens with zero attached hydrogens (tertiary/aromatic N) is 5. The standard InChI is InChI=1S/C18H22FN5O/c1-3-18-21-17(22-25-18)12-23(2)16-6-7-24(11-16)10-13-4-5-15(19)8-14(13)9-20/h4-5,8,16H,3,6-7,10-12H2,1-2H3. The Labute approximate surface area is 146 Å². The number of nitriles is 1. The fourth-order valence-corrected chi connectivity index (χ4v) is 3.20. The van der Waals surface area contributed by atoms with Crippen LogP contribution in [0, 0.1) is 17.1 Å². The van der Waals surface area contributed by atoms with Crippen molar-refractivity contribution in [3.8, 4) is 6.07 Å². The van der Waals surface area contributed by atoms with Gasteiger partial charge in [-0.1, -0.05) is 18.1 Å². The number of halogens is 1. The molecule has 3 rings (SSSR count). The number of hydrogen-bond acceptors (Lipinski definition) is 6. The molecule has 2 aromatic rings. The summed E-state index contributed by atoms with van der Waals surface area (Å²) in [6.07, 6.45) is 1.78. The van der Waals surface area contributed by atoms with Crippen LogP contribution in [0.4, 0.5) is 4.39 Å². The highest BCUT2D eigenvalue weighted by atomic mass is 19.1. The van der Waals surface area contributed by atoms with Crippen molar-refractivity contribution in [3.63, 3.8) is 0 Å². The van der Waals surface area contributed by atoms with E-state index in [-0.39, 0.29) is 5.82 Å². The lowest BCUT2D eigenvalue weighted by molar-refractivity contribution is 0.216. The molecule has 1 fully saturated rings. The van der Waals surface area contributed by atoms with E-state index in [1.807, 2.05) is 6.92 Å². The molecule has 1 atom stereocenters. The molecule has 1 saturated heterocycles. The molecule has 0 radical (unpaired) electrons. The highest BCUT2D eigenvalue weighted by molar-refractivity contribution is 5.37. The van der Waals surface area contributed by atoms with Crippen LogP contribution >= 0.6 is 0 Å². The number of likely N-dealkylation sites (N-methyl/N-ethyl adjacent to an activating group) is 1. The minimum Gasteiger partial charge on any atom is -0.339 e. The van der Waals surface area contributed by atoms with Crippen molar-refractivity contribution in [2.45, 2.75) is 38.9 Å². The van der Waals surface area contributed by atoms with Crippen LogP contribution < -0.4 is 0 Å². The normalized spacial score (nSPS) is 18.0. The molecule has 1 aromatic heterocycles. The summed E-state index contributed by atoms with van der Waals surface area (Å²) < 4.78 is 18.4. The third kappa shape index (κ3) is 4.21. The van der Waals surface area contributed by atoms with E-state index in [1.165, 1.54) is 12.1 Å². The lowest BCUT2D eigenvalue weighted by atomic mass is 10.1. The van der Waals surface area contributed by atoms with Gasteiger partial charge in [0.25, 0.3) is 0 Å². The van der Waals surface area contributed by atoms with Gasteiger partial charge in [0.2, 0.25) is 5.89 Å². The predicted molar refractivity (Wildman–Crippen MR) is 89.9 cm³/mol. The van der Waals surface area contributed by atoms with Crippen molar-refractivity contribution in [2.24, 2.45) is 0 Å². The first-order chi connectivity index (χ1) is 12.1. The molecular weight excluding hydrogens is 321 g/mol. The number of likely N-dealkylation sites (tertiary alicyclic amines) is 1. The average Bonchev–Trinajstić information content (AvgIpc) is 3.25. The first kappa shape index (κ1) is 17.5. The first-order valence-corrected chi connectivity index (χ1v) is 8.51. The van der Waals surface area contributed by atoms with E-state index in [0.717, 1.165) is 31.5 Å². The van der Waals surface area contributed by atoms with Crippen LogP contribution in [-0.4, -0.2) is 46.1 Å². The lowest BCUT2D eigenvalue weighted by Gasteiger charge is -2.23. The van der Waals surface area contributed by atoms with Crippen molar-refractivity contribution in [1.82, 2.24) is 19.9 Å². The van der Waals surface area contributed by atoms with E-state index in [0.29, 0.717) is 36.4 Å². The van der Waals surface area contributed by atoms with Gasteiger partial charge in [0, 0.05) is 32.1 Å². The zero-order valence-corrected chi connectivity index (χ0v) is 14.6. The van der Waals surface area contributed by atoms with Gasteiger partial charge in [-0.15, -0.1) is 0 Å². The molecule has 6 nitrogen and oxygen atoms in total. The Kier molecular flexibility index (Phi) is 5.41. The summed E-state index contributed by atoms with van der Waals surface area (Å²) in [7, 11) is 2.06. The molecule has 1 aliphatic heterocycles. The minimum atomic E-state index is -0.370. The van der Waals surface area contributed by atoms with Crippen LogP contribution in [0.5, 0.6) is 0 Å². The molecule has 0 amide bonds. The third-order valence-corrected chi connectivity index (χ3v) is 4.66. The quantitative estimate of drug-likeness (QED) is 0.802. The van der Waals surface area contributed by atoms with Crippen LogP contribution in [0.1, 0.15) is 36.2 Å². The largest absolute Gasteiger partial charge is 0.339 e. The van der Waals surface area contributed by atoms with Crippen LogP contribution in [-0.2, 0) is 19.5 Å². The lowest BCUT2D eigenvalue weighted by Crippen LogP contribution is -2.34. The van der Waals surface area contributed by atoms with Gasteiger partial charge < -0.3 is 4.52 Å². The van der Waals surface area contributed by atoms with Gasteiger partial charge in [-0.05, 0) is 31.2 Å². The third-order valence-electron chi connectivity index (χ3n) is 4.66. The summed E-state index contributed by atoms with van der Waals surface area (Å²) in [5.41, 5.74) is 1.29. The smallest absolute Gasteiger partial charge is 0.226 e. The highest BCUT2D eigenvalue weighted by Gasteiger charge is 2.27. The van der Waals surface area contributed by atoms with E-state index in [2.05, 4.69) is 33.1 Å². The highest BCUT2D eigenvalue weighted by Crippen LogP contribution is 2.20. The molecule has 0 spiro atoms. The van der Waals surface area contributed by atoms with Crippen molar-refractivity contribution in [3.05, 3.63) is 46.9 Å². The number of aryl methyl sites for hydroxylation is 1. The Hall–Kier alpha value is -2.30. The molecule has 1 aliphatic rings. The molecule has 0 bridgehead atoms. The van der Waals surface area contributed by atoms with Gasteiger partial charge in [0.1, 0.15) is 5.82 Å². The SMILES string of the molecule is CCc1nc(CN(C)C2CCN(Cc3ccc(F)cc3C#N)C2)no1. The fourth-order valence-electron chi connectivity index (χ4n) is 3.20. The number of rotatable bonds is 6. The summed E-state index contributed by atoms with van der Waals surface area (Å²) in [5, 5.41) is 13.2. The van der Waals surface area contributed by atoms with Crippen molar-refractivity contribution in [1.29, 1.82) is 5.26 Å². The summed E-state index contributed by atoms with van der Waals surface area (Å²) in [6.45, 7) is 5.15. The zero-order chi connectivity index (χ0) is 17.8. The van der Waals surface area contributed by atoms with Gasteiger partial charge >= 0.3 is 0 Å². The van der Waals surface area contributed by atoms with Crippen LogP contribution in [0.2, 0.25) is 0 Å². The molecule has 1 unspecified atom stereocenters. The van der Waals surface area contributed by atoms with E-state index in [1.54, 1.807) is 6.07 Å². The molecule has 132 valence electrons. The first-order valence-electron chi connectivity index (χ1n) is 8.51. The van der Waals surface area contributed by atoms with Crippen molar-refractivity contribution in [2.75, 3.05) is 20.1 Å². The molecule has 0 aliphatic carbocycles. The Bertz CT molecular complexity index is 769. The van der Waals surface area contributed by atoms with Crippen molar-refractivity contribution >= 4 is 0 Å². The van der Waals surface area contributed by atoms with E-state index in [9.17, 15) is 9.65 Å². The average molecular weight is 343 g/mol. The number of benzene rings is 1. The predicted octanol–water partition coefficient (Wildman–Crippen LogP) is 2.35. The zero-order valence-electron chi connectivity index (χ0n) is 14.6. The molecule has 0 saturated carbocycles. The Morgan fingerprint density at radius 2 is 2.32 bits per heavy atom. The second-order valence-electron chi connectivity index (χ2n) is 6.46. The van der Waals surface area contributed by atoms with E-state index in [4.69, 9.17) is 4.52 Å². The second kappa shape index (κ2) is 7.72. The van der Waals surface area contributed by atoms with Crippen LogP contribution in [0.3, 0.4) is 0 Å². The van der Waals surface area contributed by atoms with Crippen LogP contribution in [0.25, 0.3) is 0 Å². The number of aromatic nitrogens is 2. The van der Waals surface area contributed by atoms with Crippen LogP contribution in [0.15, 0.2) is 22.7 Å². The topological polar surface area (TPSA) is 69.2 Å². The summed E-state index contributed by atoms with van der Waals surface area (Å²) in [6, 6.07) is 6.90. The number of hydrogen-bond donors (Lipinski definition) is 0. The van der Waals surface area contributed by atoms with Crippen molar-refractivity contribution < 1.29 is 8.91 Å². The maximum atomic E-state index is 13.3. The van der Waals surface area contributed by atoms with E-state index < -0.39 is 0 Å². The Morgan fingerprint density at radius 3 is 3.04 bits per heavy atom. The fraction of sp³-hybridized carbons (Fsp3) is 0.500. The molecule has 0 N–H and O–H groups in total. The monoisotopic (exact) mass is 343 g/mol. The van der Waals surface area contributed by atoms with Gasteiger partial charge in [-0.2, -0.15) is 10.2 Å². The Morgan fingerprint density at radius 1 is 1.48 bits per heavy atom. The Balaban J connectivity index is 1.57. The summed E-state index contributed by atoms with van der Waals surface area (Å²) in [4.78, 5) is 8.88. The van der Waals surface area contributed by atoms with Gasteiger partial charge in [0.05, 0.1) is 18.2 Å². The molecular formula is C18H22FN5O. The maximum Gasteiger partial charge on any atom is 0.226 e. The van der Waals surface area contributed by atoms with Gasteiger partial charge in [-0.25, -0.2) is 4.39 Å². The maximum absolute atomic E-state index is 13.3. The molecule has 1 aromatic carbocycles.